The molecule has 0 aromatic heterocycles. The first kappa shape index (κ1) is 19.9. The van der Waals surface area contributed by atoms with Crippen LogP contribution in [0, 0.1) is 0 Å². The minimum absolute atomic E-state index is 0.00850. The van der Waals surface area contributed by atoms with Crippen molar-refractivity contribution in [1.29, 1.82) is 0 Å². The molecule has 0 bridgehead atoms. The fourth-order valence-corrected chi connectivity index (χ4v) is 4.34. The minimum atomic E-state index is -3.48. The number of hydrogen-bond acceptors (Lipinski definition) is 5. The van der Waals surface area contributed by atoms with Crippen molar-refractivity contribution in [1.82, 2.24) is 5.32 Å². The maximum atomic E-state index is 12.4. The Labute approximate surface area is 154 Å². The second-order valence-electron chi connectivity index (χ2n) is 6.76. The van der Waals surface area contributed by atoms with E-state index in [-0.39, 0.29) is 23.0 Å². The highest BCUT2D eigenvalue weighted by atomic mass is 32.2. The van der Waals surface area contributed by atoms with E-state index in [0.717, 1.165) is 5.75 Å². The molecule has 1 aromatic rings. The van der Waals surface area contributed by atoms with Gasteiger partial charge in [0.15, 0.2) is 6.10 Å². The van der Waals surface area contributed by atoms with Gasteiger partial charge in [-0.1, -0.05) is 32.9 Å². The Morgan fingerprint density at radius 3 is 2.68 bits per heavy atom. The average Bonchev–Trinajstić information content (AvgIpc) is 2.56. The zero-order valence-corrected chi connectivity index (χ0v) is 16.7. The second kappa shape index (κ2) is 7.86. The summed E-state index contributed by atoms with van der Waals surface area (Å²) < 4.78 is 31.9. The van der Waals surface area contributed by atoms with Gasteiger partial charge in [-0.3, -0.25) is 9.10 Å². The summed E-state index contributed by atoms with van der Waals surface area (Å²) in [5.41, 5.74) is 0.483. The number of amides is 1. The van der Waals surface area contributed by atoms with Crippen LogP contribution in [0.2, 0.25) is 0 Å². The highest BCUT2D eigenvalue weighted by molar-refractivity contribution is 8.00. The molecule has 25 heavy (non-hydrogen) atoms. The van der Waals surface area contributed by atoms with Gasteiger partial charge >= 0.3 is 0 Å². The van der Waals surface area contributed by atoms with Crippen LogP contribution in [0.1, 0.15) is 27.7 Å². The van der Waals surface area contributed by atoms with Crippen LogP contribution in [-0.2, 0) is 14.8 Å². The van der Waals surface area contributed by atoms with E-state index >= 15 is 0 Å². The normalized spacial score (nSPS) is 17.6. The lowest BCUT2D eigenvalue weighted by Gasteiger charge is -2.34. The van der Waals surface area contributed by atoms with E-state index in [4.69, 9.17) is 4.74 Å². The van der Waals surface area contributed by atoms with E-state index in [1.807, 2.05) is 0 Å². The number of hydrogen-bond donors (Lipinski definition) is 1. The largest absolute Gasteiger partial charge is 0.476 e. The Morgan fingerprint density at radius 2 is 2.04 bits per heavy atom. The Balaban J connectivity index is 2.07. The standard InChI is InChI=1S/C17H26N2O4S2/c1-5-25(21,22)19-12-15(23-14-9-7-6-8-13(14)19)16(20)18-10-11-24-17(2,3)4/h6-9,15H,5,10-12H2,1-4H3,(H,18,20). The van der Waals surface area contributed by atoms with E-state index in [1.165, 1.54) is 4.31 Å². The number of nitrogens with zero attached hydrogens (tertiary/aromatic N) is 1. The van der Waals surface area contributed by atoms with Gasteiger partial charge in [0, 0.05) is 17.0 Å². The van der Waals surface area contributed by atoms with E-state index in [2.05, 4.69) is 26.1 Å². The third-order valence-electron chi connectivity index (χ3n) is 3.66. The number of anilines is 1. The van der Waals surface area contributed by atoms with Crippen LogP contribution in [0.4, 0.5) is 5.69 Å². The maximum absolute atomic E-state index is 12.4. The smallest absolute Gasteiger partial charge is 0.263 e. The minimum Gasteiger partial charge on any atom is -0.476 e. The number of benzene rings is 1. The number of carbonyl (C=O) groups is 1. The van der Waals surface area contributed by atoms with Crippen molar-refractivity contribution in [3.8, 4) is 5.75 Å². The molecule has 1 unspecified atom stereocenters. The molecule has 0 aliphatic carbocycles. The number of fused-ring (bicyclic) bond motifs is 1. The molecule has 0 fully saturated rings. The van der Waals surface area contributed by atoms with E-state index < -0.39 is 16.1 Å². The summed E-state index contributed by atoms with van der Waals surface area (Å²) in [6.45, 7) is 8.46. The predicted octanol–water partition coefficient (Wildman–Crippen LogP) is 2.25. The Hall–Kier alpha value is -1.41. The highest BCUT2D eigenvalue weighted by Crippen LogP contribution is 2.35. The van der Waals surface area contributed by atoms with Gasteiger partial charge < -0.3 is 10.1 Å². The van der Waals surface area contributed by atoms with E-state index in [9.17, 15) is 13.2 Å². The van der Waals surface area contributed by atoms with Gasteiger partial charge in [0.2, 0.25) is 10.0 Å². The number of thioether (sulfide) groups is 1. The van der Waals surface area contributed by atoms with Crippen LogP contribution in [0.5, 0.6) is 5.75 Å². The summed E-state index contributed by atoms with van der Waals surface area (Å²) >= 11 is 1.76. The third kappa shape index (κ3) is 5.28. The molecule has 1 N–H and O–H groups in total. The van der Waals surface area contributed by atoms with Crippen molar-refractivity contribution in [2.75, 3.05) is 28.9 Å². The number of carbonyl (C=O) groups excluding carboxylic acids is 1. The molecule has 2 rings (SSSR count). The van der Waals surface area contributed by atoms with Gasteiger partial charge in [-0.25, -0.2) is 8.42 Å². The van der Waals surface area contributed by atoms with Crippen LogP contribution in [0.15, 0.2) is 24.3 Å². The van der Waals surface area contributed by atoms with Crippen LogP contribution in [-0.4, -0.2) is 49.8 Å². The molecule has 0 spiro atoms. The summed E-state index contributed by atoms with van der Waals surface area (Å²) in [7, 11) is -3.48. The van der Waals surface area contributed by atoms with Crippen molar-refractivity contribution in [2.24, 2.45) is 0 Å². The van der Waals surface area contributed by atoms with Crippen LogP contribution >= 0.6 is 11.8 Å². The molecule has 0 saturated heterocycles. The fraction of sp³-hybridized carbons (Fsp3) is 0.588. The van der Waals surface area contributed by atoms with Gasteiger partial charge in [-0.2, -0.15) is 11.8 Å². The lowest BCUT2D eigenvalue weighted by Crippen LogP contribution is -2.51. The first-order valence-electron chi connectivity index (χ1n) is 8.32. The molecular weight excluding hydrogens is 360 g/mol. The summed E-state index contributed by atoms with van der Waals surface area (Å²) in [5, 5.41) is 2.84. The lowest BCUT2D eigenvalue weighted by atomic mass is 10.2. The third-order valence-corrected chi connectivity index (χ3v) is 6.69. The summed E-state index contributed by atoms with van der Waals surface area (Å²) in [6.07, 6.45) is -0.851. The topological polar surface area (TPSA) is 75.7 Å². The summed E-state index contributed by atoms with van der Waals surface area (Å²) in [6, 6.07) is 6.89. The number of nitrogens with one attached hydrogen (secondary N) is 1. The molecular formula is C17H26N2O4S2. The molecule has 1 heterocycles. The van der Waals surface area contributed by atoms with E-state index in [1.54, 1.807) is 43.0 Å². The molecule has 1 amide bonds. The molecule has 1 atom stereocenters. The average molecular weight is 387 g/mol. The van der Waals surface area contributed by atoms with Gasteiger partial charge in [0.05, 0.1) is 18.0 Å². The second-order valence-corrected chi connectivity index (χ2v) is 10.9. The maximum Gasteiger partial charge on any atom is 0.263 e. The Kier molecular flexibility index (Phi) is 6.26. The molecule has 0 saturated carbocycles. The first-order valence-corrected chi connectivity index (χ1v) is 10.9. The molecule has 140 valence electrons. The number of ether oxygens (including phenoxy) is 1. The molecule has 6 nitrogen and oxygen atoms in total. The van der Waals surface area contributed by atoms with Crippen molar-refractivity contribution >= 4 is 33.4 Å². The van der Waals surface area contributed by atoms with Gasteiger partial charge in [0.25, 0.3) is 5.91 Å². The fourth-order valence-electron chi connectivity index (χ4n) is 2.40. The van der Waals surface area contributed by atoms with Crippen LogP contribution < -0.4 is 14.4 Å². The highest BCUT2D eigenvalue weighted by Gasteiger charge is 2.35. The molecule has 0 radical (unpaired) electrons. The quantitative estimate of drug-likeness (QED) is 0.759. The predicted molar refractivity (Wildman–Crippen MR) is 103 cm³/mol. The molecule has 8 heteroatoms. The summed E-state index contributed by atoms with van der Waals surface area (Å²) in [5.74, 6) is 0.878. The van der Waals surface area contributed by atoms with Crippen LogP contribution in [0.3, 0.4) is 0 Å². The van der Waals surface area contributed by atoms with Gasteiger partial charge in [-0.15, -0.1) is 0 Å². The number of sulfonamides is 1. The zero-order chi connectivity index (χ0) is 18.7. The summed E-state index contributed by atoms with van der Waals surface area (Å²) in [4.78, 5) is 12.4. The monoisotopic (exact) mass is 386 g/mol. The number of rotatable bonds is 6. The van der Waals surface area contributed by atoms with E-state index in [0.29, 0.717) is 18.0 Å². The molecule has 1 aliphatic rings. The van der Waals surface area contributed by atoms with Crippen LogP contribution in [0.25, 0.3) is 0 Å². The van der Waals surface area contributed by atoms with Gasteiger partial charge in [-0.05, 0) is 19.1 Å². The van der Waals surface area contributed by atoms with Gasteiger partial charge in [0.1, 0.15) is 5.75 Å². The van der Waals surface area contributed by atoms with Crippen molar-refractivity contribution < 1.29 is 17.9 Å². The Bertz CT molecular complexity index is 714. The zero-order valence-electron chi connectivity index (χ0n) is 15.1. The first-order chi connectivity index (χ1) is 11.6. The lowest BCUT2D eigenvalue weighted by molar-refractivity contribution is -0.127. The number of para-hydroxylation sites is 2. The van der Waals surface area contributed by atoms with Crippen molar-refractivity contribution in [3.63, 3.8) is 0 Å². The Morgan fingerprint density at radius 1 is 1.36 bits per heavy atom. The molecule has 1 aromatic carbocycles. The SMILES string of the molecule is CCS(=O)(=O)N1CC(C(=O)NCCSC(C)(C)C)Oc2ccccc21. The van der Waals surface area contributed by atoms with Crippen molar-refractivity contribution in [2.45, 2.75) is 38.5 Å². The molecule has 1 aliphatic heterocycles. The van der Waals surface area contributed by atoms with Crippen molar-refractivity contribution in [3.05, 3.63) is 24.3 Å².